The summed E-state index contributed by atoms with van der Waals surface area (Å²) in [5.41, 5.74) is 5.64. The number of carbonyl (C=O) groups excluding carboxylic acids is 1. The van der Waals surface area contributed by atoms with Gasteiger partial charge in [0.15, 0.2) is 0 Å². The minimum Gasteiger partial charge on any atom is -0.348 e. The molecule has 3 nitrogen and oxygen atoms in total. The maximum Gasteiger partial charge on any atom is 0.254 e. The molecule has 0 unspecified atom stereocenters. The predicted molar refractivity (Wildman–Crippen MR) is 100 cm³/mol. The third kappa shape index (κ3) is 3.10. The van der Waals surface area contributed by atoms with Crippen LogP contribution in [0.1, 0.15) is 28.5 Å². The summed E-state index contributed by atoms with van der Waals surface area (Å²) in [5, 5.41) is 0. The lowest BCUT2D eigenvalue weighted by atomic mass is 10.0. The van der Waals surface area contributed by atoms with Gasteiger partial charge < -0.3 is 9.47 Å². The molecule has 1 aliphatic rings. The van der Waals surface area contributed by atoms with Crippen molar-refractivity contribution >= 4 is 5.91 Å². The molecule has 3 aromatic rings. The highest BCUT2D eigenvalue weighted by molar-refractivity contribution is 5.94. The first-order chi connectivity index (χ1) is 12.2. The molecule has 2 heterocycles. The normalized spacial score (nSPS) is 13.6. The molecule has 0 saturated heterocycles. The molecule has 0 radical (unpaired) electrons. The summed E-state index contributed by atoms with van der Waals surface area (Å²) in [5.74, 6) is 0.116. The minimum absolute atomic E-state index is 0.116. The molecule has 126 valence electrons. The van der Waals surface area contributed by atoms with Gasteiger partial charge in [-0.2, -0.15) is 0 Å². The van der Waals surface area contributed by atoms with E-state index in [2.05, 4.69) is 35.9 Å². The maximum absolute atomic E-state index is 12.9. The lowest BCUT2D eigenvalue weighted by molar-refractivity contribution is 0.0711. The Hall–Kier alpha value is -2.81. The maximum atomic E-state index is 12.9. The van der Waals surface area contributed by atoms with Crippen molar-refractivity contribution in [2.24, 2.45) is 0 Å². The first-order valence-corrected chi connectivity index (χ1v) is 8.87. The van der Waals surface area contributed by atoms with Gasteiger partial charge in [-0.05, 0) is 41.3 Å². The standard InChI is InChI=1S/C22H22N2O/c1-2-17-14-21-16-24(13-12-23(21)15-17)22(25)20-10-8-19(9-11-20)18-6-4-3-5-7-18/h3-11,14-15H,2,12-13,16H2,1H3. The van der Waals surface area contributed by atoms with Crippen LogP contribution in [0.2, 0.25) is 0 Å². The number of fused-ring (bicyclic) bond motifs is 1. The predicted octanol–water partition coefficient (Wildman–Crippen LogP) is 4.37. The number of carbonyl (C=O) groups is 1. The smallest absolute Gasteiger partial charge is 0.254 e. The summed E-state index contributed by atoms with van der Waals surface area (Å²) in [4.78, 5) is 14.8. The zero-order valence-electron chi connectivity index (χ0n) is 14.5. The molecule has 1 aromatic heterocycles. The minimum atomic E-state index is 0.116. The molecule has 1 aliphatic heterocycles. The van der Waals surface area contributed by atoms with E-state index in [4.69, 9.17) is 0 Å². The van der Waals surface area contributed by atoms with Gasteiger partial charge in [-0.15, -0.1) is 0 Å². The average molecular weight is 330 g/mol. The van der Waals surface area contributed by atoms with Crippen LogP contribution in [0.15, 0.2) is 66.9 Å². The molecule has 4 rings (SSSR count). The fourth-order valence-corrected chi connectivity index (χ4v) is 3.45. The molecule has 2 aromatic carbocycles. The third-order valence-corrected chi connectivity index (χ3v) is 4.94. The molecule has 1 amide bonds. The molecular formula is C22H22N2O. The number of amides is 1. The Morgan fingerprint density at radius 2 is 1.68 bits per heavy atom. The Morgan fingerprint density at radius 3 is 2.40 bits per heavy atom. The highest BCUT2D eigenvalue weighted by atomic mass is 16.2. The third-order valence-electron chi connectivity index (χ3n) is 4.94. The SMILES string of the molecule is CCc1cc2n(c1)CCN(C(=O)c1ccc(-c3ccccc3)cc1)C2. The van der Waals surface area contributed by atoms with Crippen LogP contribution in [0.4, 0.5) is 0 Å². The highest BCUT2D eigenvalue weighted by Gasteiger charge is 2.22. The fourth-order valence-electron chi connectivity index (χ4n) is 3.45. The molecular weight excluding hydrogens is 308 g/mol. The number of nitrogens with zero attached hydrogens (tertiary/aromatic N) is 2. The summed E-state index contributed by atoms with van der Waals surface area (Å²) in [7, 11) is 0. The summed E-state index contributed by atoms with van der Waals surface area (Å²) in [6.07, 6.45) is 3.25. The van der Waals surface area contributed by atoms with E-state index in [1.807, 2.05) is 47.4 Å². The van der Waals surface area contributed by atoms with Gasteiger partial charge in [-0.3, -0.25) is 4.79 Å². The molecule has 0 atom stereocenters. The molecule has 25 heavy (non-hydrogen) atoms. The summed E-state index contributed by atoms with van der Waals surface area (Å²) in [6, 6.07) is 20.4. The van der Waals surface area contributed by atoms with Gasteiger partial charge in [0.25, 0.3) is 5.91 Å². The molecule has 0 aliphatic carbocycles. The van der Waals surface area contributed by atoms with E-state index in [0.717, 1.165) is 30.6 Å². The lowest BCUT2D eigenvalue weighted by Crippen LogP contribution is -2.37. The molecule has 0 fully saturated rings. The van der Waals surface area contributed by atoms with Crippen LogP contribution < -0.4 is 0 Å². The number of aromatic nitrogens is 1. The van der Waals surface area contributed by atoms with Gasteiger partial charge in [0.2, 0.25) is 0 Å². The van der Waals surface area contributed by atoms with E-state index < -0.39 is 0 Å². The molecule has 0 spiro atoms. The zero-order valence-corrected chi connectivity index (χ0v) is 14.5. The monoisotopic (exact) mass is 330 g/mol. The van der Waals surface area contributed by atoms with E-state index in [0.29, 0.717) is 6.54 Å². The summed E-state index contributed by atoms with van der Waals surface area (Å²) in [6.45, 7) is 4.51. The number of aryl methyl sites for hydroxylation is 1. The van der Waals surface area contributed by atoms with E-state index in [9.17, 15) is 4.79 Å². The quantitative estimate of drug-likeness (QED) is 0.700. The summed E-state index contributed by atoms with van der Waals surface area (Å²) >= 11 is 0. The molecule has 3 heteroatoms. The first-order valence-electron chi connectivity index (χ1n) is 8.87. The van der Waals surface area contributed by atoms with Gasteiger partial charge in [0, 0.05) is 30.5 Å². The Labute approximate surface area is 148 Å². The van der Waals surface area contributed by atoms with Crippen LogP contribution in [0.25, 0.3) is 11.1 Å². The number of hydrogen-bond donors (Lipinski definition) is 0. The second-order valence-electron chi connectivity index (χ2n) is 6.56. The molecule has 0 bridgehead atoms. The second-order valence-corrected chi connectivity index (χ2v) is 6.56. The topological polar surface area (TPSA) is 25.2 Å². The van der Waals surface area contributed by atoms with E-state index >= 15 is 0 Å². The van der Waals surface area contributed by atoms with E-state index in [1.165, 1.54) is 16.8 Å². The van der Waals surface area contributed by atoms with Gasteiger partial charge in [-0.25, -0.2) is 0 Å². The Balaban J connectivity index is 1.51. The Bertz CT molecular complexity index is 878. The van der Waals surface area contributed by atoms with Crippen molar-refractivity contribution < 1.29 is 4.79 Å². The van der Waals surface area contributed by atoms with Crippen LogP contribution in [0.3, 0.4) is 0 Å². The lowest BCUT2D eigenvalue weighted by Gasteiger charge is -2.28. The van der Waals surface area contributed by atoms with Crippen LogP contribution in [0.5, 0.6) is 0 Å². The number of rotatable bonds is 3. The van der Waals surface area contributed by atoms with Crippen LogP contribution in [-0.4, -0.2) is 21.9 Å². The van der Waals surface area contributed by atoms with Crippen molar-refractivity contribution in [3.63, 3.8) is 0 Å². The second kappa shape index (κ2) is 6.60. The summed E-state index contributed by atoms with van der Waals surface area (Å²) < 4.78 is 2.28. The first kappa shape index (κ1) is 15.7. The number of hydrogen-bond acceptors (Lipinski definition) is 1. The fraction of sp³-hybridized carbons (Fsp3) is 0.227. The van der Waals surface area contributed by atoms with Crippen LogP contribution in [0, 0.1) is 0 Å². The average Bonchev–Trinajstić information content (AvgIpc) is 3.10. The van der Waals surface area contributed by atoms with Crippen LogP contribution in [-0.2, 0) is 19.5 Å². The van der Waals surface area contributed by atoms with Crippen molar-refractivity contribution in [1.29, 1.82) is 0 Å². The van der Waals surface area contributed by atoms with Crippen molar-refractivity contribution in [2.45, 2.75) is 26.4 Å². The largest absolute Gasteiger partial charge is 0.348 e. The molecule has 0 saturated carbocycles. The van der Waals surface area contributed by atoms with Gasteiger partial charge in [0.1, 0.15) is 0 Å². The van der Waals surface area contributed by atoms with E-state index in [1.54, 1.807) is 0 Å². The van der Waals surface area contributed by atoms with Crippen molar-refractivity contribution in [1.82, 2.24) is 9.47 Å². The van der Waals surface area contributed by atoms with Gasteiger partial charge in [0.05, 0.1) is 6.54 Å². The van der Waals surface area contributed by atoms with Gasteiger partial charge >= 0.3 is 0 Å². The Morgan fingerprint density at radius 1 is 0.960 bits per heavy atom. The van der Waals surface area contributed by atoms with Crippen LogP contribution >= 0.6 is 0 Å². The number of benzene rings is 2. The zero-order chi connectivity index (χ0) is 17.2. The van der Waals surface area contributed by atoms with Crippen molar-refractivity contribution in [3.8, 4) is 11.1 Å². The van der Waals surface area contributed by atoms with Crippen molar-refractivity contribution in [3.05, 3.63) is 83.7 Å². The van der Waals surface area contributed by atoms with E-state index in [-0.39, 0.29) is 5.91 Å². The Kier molecular flexibility index (Phi) is 4.14. The van der Waals surface area contributed by atoms with Gasteiger partial charge in [-0.1, -0.05) is 49.4 Å². The van der Waals surface area contributed by atoms with Crippen molar-refractivity contribution in [2.75, 3.05) is 6.54 Å². The molecule has 0 N–H and O–H groups in total. The highest BCUT2D eigenvalue weighted by Crippen LogP contribution is 2.22.